The van der Waals surface area contributed by atoms with Gasteiger partial charge in [0.15, 0.2) is 15.5 Å². The van der Waals surface area contributed by atoms with Crippen LogP contribution in [-0.2, 0) is 20.3 Å². The maximum absolute atomic E-state index is 13.4. The van der Waals surface area contributed by atoms with E-state index in [0.29, 0.717) is 68.3 Å². The number of nitrogens with zero attached hydrogens (tertiary/aromatic N) is 4. The molecular formula is C22H26N4O7S. The number of benzene rings is 1. The molecule has 0 bridgehead atoms. The molecule has 1 N–H and O–H groups in total. The number of carboxylic acid groups (broad SMARTS) is 1. The maximum Gasteiger partial charge on any atom is 0.407 e. The van der Waals surface area contributed by atoms with E-state index in [2.05, 4.69) is 5.10 Å². The Kier molecular flexibility index (Phi) is 5.72. The van der Waals surface area contributed by atoms with Gasteiger partial charge < -0.3 is 24.4 Å². The normalized spacial score (nSPS) is 21.5. The molecule has 4 heterocycles. The number of rotatable bonds is 3. The smallest absolute Gasteiger partial charge is 0.407 e. The highest BCUT2D eigenvalue weighted by Crippen LogP contribution is 2.43. The van der Waals surface area contributed by atoms with E-state index in [4.69, 9.17) is 9.47 Å². The Morgan fingerprint density at radius 1 is 1.18 bits per heavy atom. The number of methoxy groups -OCH3 is 1. The van der Waals surface area contributed by atoms with Gasteiger partial charge in [-0.25, -0.2) is 13.2 Å². The Balaban J connectivity index is 1.68. The Morgan fingerprint density at radius 3 is 2.65 bits per heavy atom. The lowest BCUT2D eigenvalue weighted by molar-refractivity contribution is 0.0297. The number of carbonyl (C=O) groups is 2. The van der Waals surface area contributed by atoms with Crippen LogP contribution in [0.2, 0.25) is 0 Å². The molecule has 12 heteroatoms. The number of sulfone groups is 1. The number of hydrogen-bond donors (Lipinski definition) is 1. The summed E-state index contributed by atoms with van der Waals surface area (Å²) in [6.07, 6.45) is 0.302. The van der Waals surface area contributed by atoms with Gasteiger partial charge in [0, 0.05) is 37.3 Å². The van der Waals surface area contributed by atoms with Crippen LogP contribution in [0.3, 0.4) is 0 Å². The average Bonchev–Trinajstić information content (AvgIpc) is 3.22. The molecule has 1 unspecified atom stereocenters. The van der Waals surface area contributed by atoms with Gasteiger partial charge in [-0.1, -0.05) is 0 Å². The minimum absolute atomic E-state index is 0.106. The highest BCUT2D eigenvalue weighted by atomic mass is 32.2. The molecule has 0 radical (unpaired) electrons. The number of aromatic nitrogens is 2. The van der Waals surface area contributed by atoms with Gasteiger partial charge in [-0.2, -0.15) is 5.10 Å². The van der Waals surface area contributed by atoms with Gasteiger partial charge in [0.25, 0.3) is 5.91 Å². The maximum atomic E-state index is 13.4. The fourth-order valence-electron chi connectivity index (χ4n) is 4.92. The zero-order valence-electron chi connectivity index (χ0n) is 18.8. The van der Waals surface area contributed by atoms with E-state index in [9.17, 15) is 23.1 Å². The molecule has 1 aromatic heterocycles. The third-order valence-electron chi connectivity index (χ3n) is 6.64. The van der Waals surface area contributed by atoms with Crippen LogP contribution in [0, 0.1) is 0 Å². The van der Waals surface area contributed by atoms with E-state index in [1.54, 1.807) is 21.7 Å². The first kappa shape index (κ1) is 22.7. The molecule has 1 aromatic carbocycles. The standard InChI is InChI=1S/C22H26N4O7S/c1-32-15-4-5-16-18(11-15)34(30,31)13-17-19(21(27)24-7-9-33-10-8-24)23-26(20(16)17)14-3-2-6-25(12-14)22(28)29/h4-5,11,14H,2-3,6-10,12-13H2,1H3,(H,28,29). The SMILES string of the molecule is COc1ccc2c(c1)S(=O)(=O)Cc1c(C(=O)N3CCOCC3)nn(C3CCCN(C(=O)O)C3)c1-2. The first-order valence-electron chi connectivity index (χ1n) is 11.2. The third-order valence-corrected chi connectivity index (χ3v) is 8.31. The topological polar surface area (TPSA) is 131 Å². The zero-order chi connectivity index (χ0) is 24.0. The zero-order valence-corrected chi connectivity index (χ0v) is 19.6. The Bertz CT molecular complexity index is 1250. The Hall–Kier alpha value is -3.12. The van der Waals surface area contributed by atoms with Crippen molar-refractivity contribution in [3.8, 4) is 17.0 Å². The van der Waals surface area contributed by atoms with Crippen molar-refractivity contribution in [2.45, 2.75) is 29.5 Å². The van der Waals surface area contributed by atoms with Gasteiger partial charge in [0.1, 0.15) is 5.75 Å². The van der Waals surface area contributed by atoms with Crippen LogP contribution in [0.4, 0.5) is 4.79 Å². The fourth-order valence-corrected chi connectivity index (χ4v) is 6.53. The second-order valence-electron chi connectivity index (χ2n) is 8.67. The lowest BCUT2D eigenvalue weighted by Crippen LogP contribution is -2.41. The van der Waals surface area contributed by atoms with Crippen molar-refractivity contribution in [2.24, 2.45) is 0 Å². The van der Waals surface area contributed by atoms with E-state index in [1.807, 2.05) is 0 Å². The number of likely N-dealkylation sites (tertiary alicyclic amines) is 1. The molecule has 2 saturated heterocycles. The highest BCUT2D eigenvalue weighted by molar-refractivity contribution is 7.90. The first-order valence-corrected chi connectivity index (χ1v) is 12.8. The third kappa shape index (κ3) is 3.80. The van der Waals surface area contributed by atoms with Crippen molar-refractivity contribution in [2.75, 3.05) is 46.5 Å². The molecule has 0 saturated carbocycles. The van der Waals surface area contributed by atoms with Gasteiger partial charge in [-0.05, 0) is 31.0 Å². The molecule has 182 valence electrons. The summed E-state index contributed by atoms with van der Waals surface area (Å²) < 4.78 is 38.8. The first-order chi connectivity index (χ1) is 16.3. The molecule has 11 nitrogen and oxygen atoms in total. The van der Waals surface area contributed by atoms with Crippen LogP contribution in [0.25, 0.3) is 11.3 Å². The largest absolute Gasteiger partial charge is 0.497 e. The predicted octanol–water partition coefficient (Wildman–Crippen LogP) is 1.63. The number of morpholine rings is 1. The predicted molar refractivity (Wildman–Crippen MR) is 120 cm³/mol. The van der Waals surface area contributed by atoms with E-state index in [1.165, 1.54) is 18.1 Å². The number of ether oxygens (including phenoxy) is 2. The van der Waals surface area contributed by atoms with E-state index < -0.39 is 15.9 Å². The second kappa shape index (κ2) is 8.58. The summed E-state index contributed by atoms with van der Waals surface area (Å²) in [5, 5.41) is 14.2. The molecule has 3 aliphatic rings. The lowest BCUT2D eigenvalue weighted by atomic mass is 10.0. The lowest BCUT2D eigenvalue weighted by Gasteiger charge is -2.32. The summed E-state index contributed by atoms with van der Waals surface area (Å²) in [5.41, 5.74) is 1.47. The quantitative estimate of drug-likeness (QED) is 0.687. The molecule has 2 aromatic rings. The van der Waals surface area contributed by atoms with Gasteiger partial charge in [0.05, 0.1) is 42.7 Å². The van der Waals surface area contributed by atoms with Crippen LogP contribution >= 0.6 is 0 Å². The summed E-state index contributed by atoms with van der Waals surface area (Å²) in [4.78, 5) is 28.1. The molecule has 1 atom stereocenters. The fraction of sp³-hybridized carbons (Fsp3) is 0.500. The molecule has 5 rings (SSSR count). The van der Waals surface area contributed by atoms with Gasteiger partial charge >= 0.3 is 6.09 Å². The van der Waals surface area contributed by atoms with Crippen molar-refractivity contribution in [3.05, 3.63) is 29.5 Å². The average molecular weight is 491 g/mol. The number of piperidine rings is 1. The van der Waals surface area contributed by atoms with E-state index >= 15 is 0 Å². The number of hydrogen-bond acceptors (Lipinski definition) is 7. The Morgan fingerprint density at radius 2 is 1.94 bits per heavy atom. The van der Waals surface area contributed by atoms with Crippen molar-refractivity contribution < 1.29 is 32.6 Å². The minimum Gasteiger partial charge on any atom is -0.497 e. The molecule has 2 amide bonds. The van der Waals surface area contributed by atoms with Crippen molar-refractivity contribution in [1.82, 2.24) is 19.6 Å². The van der Waals surface area contributed by atoms with Crippen molar-refractivity contribution in [3.63, 3.8) is 0 Å². The van der Waals surface area contributed by atoms with Crippen LogP contribution in [0.5, 0.6) is 5.75 Å². The second-order valence-corrected chi connectivity index (χ2v) is 10.6. The van der Waals surface area contributed by atoms with Gasteiger partial charge in [-0.3, -0.25) is 9.48 Å². The van der Waals surface area contributed by atoms with Crippen LogP contribution in [-0.4, -0.2) is 91.6 Å². The van der Waals surface area contributed by atoms with Gasteiger partial charge in [-0.15, -0.1) is 0 Å². The van der Waals surface area contributed by atoms with E-state index in [-0.39, 0.29) is 34.8 Å². The molecular weight excluding hydrogens is 464 g/mol. The van der Waals surface area contributed by atoms with Crippen LogP contribution in [0.15, 0.2) is 23.1 Å². The summed E-state index contributed by atoms with van der Waals surface area (Å²) >= 11 is 0. The van der Waals surface area contributed by atoms with Gasteiger partial charge in [0.2, 0.25) is 0 Å². The summed E-state index contributed by atoms with van der Waals surface area (Å²) in [7, 11) is -2.28. The summed E-state index contributed by atoms with van der Waals surface area (Å²) in [6, 6.07) is 4.51. The van der Waals surface area contributed by atoms with E-state index in [0.717, 1.165) is 0 Å². The molecule has 0 aliphatic carbocycles. The summed E-state index contributed by atoms with van der Waals surface area (Å²) in [6.45, 7) is 2.26. The molecule has 0 spiro atoms. The minimum atomic E-state index is -3.75. The monoisotopic (exact) mass is 490 g/mol. The summed E-state index contributed by atoms with van der Waals surface area (Å²) in [5.74, 6) is -0.281. The van der Waals surface area contributed by atoms with Crippen LogP contribution in [0.1, 0.15) is 34.9 Å². The molecule has 2 fully saturated rings. The van der Waals surface area contributed by atoms with Crippen molar-refractivity contribution in [1.29, 1.82) is 0 Å². The Labute approximate surface area is 196 Å². The number of carbonyl (C=O) groups excluding carboxylic acids is 1. The molecule has 34 heavy (non-hydrogen) atoms. The number of amides is 2. The van der Waals surface area contributed by atoms with Crippen LogP contribution < -0.4 is 4.74 Å². The van der Waals surface area contributed by atoms with Crippen molar-refractivity contribution >= 4 is 21.8 Å². The highest BCUT2D eigenvalue weighted by Gasteiger charge is 2.39. The number of fused-ring (bicyclic) bond motifs is 3. The molecule has 3 aliphatic heterocycles.